The molecule has 0 spiro atoms. The van der Waals surface area contributed by atoms with Gasteiger partial charge in [0.25, 0.3) is 0 Å². The minimum absolute atomic E-state index is 0.115. The zero-order chi connectivity index (χ0) is 21.5. The van der Waals surface area contributed by atoms with Gasteiger partial charge in [0.05, 0.1) is 17.8 Å². The summed E-state index contributed by atoms with van der Waals surface area (Å²) in [6.45, 7) is 5.63. The third-order valence-corrected chi connectivity index (χ3v) is 4.53. The molecule has 0 bridgehead atoms. The summed E-state index contributed by atoms with van der Waals surface area (Å²) in [6, 6.07) is 17.5. The highest BCUT2D eigenvalue weighted by Crippen LogP contribution is 2.28. The molecule has 0 aliphatic carbocycles. The first-order valence-electron chi connectivity index (χ1n) is 9.37. The molecule has 6 nitrogen and oxygen atoms in total. The Labute approximate surface area is 174 Å². The second kappa shape index (κ2) is 9.54. The predicted molar refractivity (Wildman–Crippen MR) is 121 cm³/mol. The van der Waals surface area contributed by atoms with Crippen molar-refractivity contribution in [1.29, 1.82) is 0 Å². The lowest BCUT2D eigenvalue weighted by molar-refractivity contribution is -0.132. The Balaban J connectivity index is 1.67. The fourth-order valence-corrected chi connectivity index (χ4v) is 2.85. The van der Waals surface area contributed by atoms with E-state index in [1.54, 1.807) is 6.08 Å². The SMILES string of the molecule is C=C/C(=C\C(=C/C)CN=CN(N)c1ccc(-c2cc3ccccc3o2)cc1)C(=O)O. The summed E-state index contributed by atoms with van der Waals surface area (Å²) in [7, 11) is 0. The quantitative estimate of drug-likeness (QED) is 0.139. The molecule has 0 radical (unpaired) electrons. The number of hydrogen-bond donors (Lipinski definition) is 2. The number of anilines is 1. The van der Waals surface area contributed by atoms with Gasteiger partial charge in [0.2, 0.25) is 0 Å². The Bertz CT molecular complexity index is 1100. The summed E-state index contributed by atoms with van der Waals surface area (Å²) in [4.78, 5) is 15.4. The van der Waals surface area contributed by atoms with Crippen molar-refractivity contribution in [2.24, 2.45) is 10.8 Å². The molecule has 3 N–H and O–H groups in total. The van der Waals surface area contributed by atoms with Crippen LogP contribution in [-0.2, 0) is 4.79 Å². The average molecular weight is 401 g/mol. The molecule has 3 rings (SSSR count). The number of furan rings is 1. The van der Waals surface area contributed by atoms with E-state index in [4.69, 9.17) is 15.4 Å². The first-order valence-corrected chi connectivity index (χ1v) is 9.37. The van der Waals surface area contributed by atoms with E-state index in [1.807, 2.05) is 61.5 Å². The fourth-order valence-electron chi connectivity index (χ4n) is 2.85. The zero-order valence-electron chi connectivity index (χ0n) is 16.7. The number of allylic oxidation sites excluding steroid dienone is 1. The number of hydrogen-bond acceptors (Lipinski definition) is 4. The summed E-state index contributed by atoms with van der Waals surface area (Å²) < 4.78 is 5.88. The van der Waals surface area contributed by atoms with Crippen LogP contribution in [0.4, 0.5) is 5.69 Å². The molecule has 30 heavy (non-hydrogen) atoms. The van der Waals surface area contributed by atoms with Gasteiger partial charge in [-0.25, -0.2) is 10.6 Å². The van der Waals surface area contributed by atoms with Crippen LogP contribution in [0.3, 0.4) is 0 Å². The topological polar surface area (TPSA) is 92.1 Å². The Hall–Kier alpha value is -3.90. The van der Waals surface area contributed by atoms with E-state index in [-0.39, 0.29) is 5.57 Å². The molecular weight excluding hydrogens is 378 g/mol. The molecule has 152 valence electrons. The summed E-state index contributed by atoms with van der Waals surface area (Å²) in [6.07, 6.45) is 6.14. The lowest BCUT2D eigenvalue weighted by Gasteiger charge is -2.13. The van der Waals surface area contributed by atoms with Crippen molar-refractivity contribution < 1.29 is 14.3 Å². The maximum atomic E-state index is 11.1. The highest BCUT2D eigenvalue weighted by Gasteiger charge is 2.07. The van der Waals surface area contributed by atoms with Crippen molar-refractivity contribution in [3.05, 3.63) is 90.6 Å². The number of para-hydroxylation sites is 1. The van der Waals surface area contributed by atoms with Gasteiger partial charge in [-0.05, 0) is 55.0 Å². The van der Waals surface area contributed by atoms with E-state index in [1.165, 1.54) is 23.5 Å². The van der Waals surface area contributed by atoms with Crippen LogP contribution in [0, 0.1) is 0 Å². The predicted octanol–water partition coefficient (Wildman–Crippen LogP) is 4.95. The van der Waals surface area contributed by atoms with Crippen molar-refractivity contribution >= 4 is 29.0 Å². The fraction of sp³-hybridized carbons (Fsp3) is 0.0833. The van der Waals surface area contributed by atoms with Crippen LogP contribution in [0.2, 0.25) is 0 Å². The van der Waals surface area contributed by atoms with Gasteiger partial charge in [0, 0.05) is 10.9 Å². The highest BCUT2D eigenvalue weighted by molar-refractivity contribution is 5.90. The van der Waals surface area contributed by atoms with Gasteiger partial charge >= 0.3 is 5.97 Å². The summed E-state index contributed by atoms with van der Waals surface area (Å²) >= 11 is 0. The molecule has 1 aromatic heterocycles. The number of carbonyl (C=O) groups is 1. The van der Waals surface area contributed by atoms with E-state index < -0.39 is 5.97 Å². The Morgan fingerprint density at radius 2 is 1.97 bits per heavy atom. The molecule has 0 aliphatic rings. The Kier molecular flexibility index (Phi) is 6.62. The smallest absolute Gasteiger partial charge is 0.335 e. The van der Waals surface area contributed by atoms with Gasteiger partial charge in [-0.15, -0.1) is 0 Å². The van der Waals surface area contributed by atoms with Gasteiger partial charge in [-0.3, -0.25) is 10.0 Å². The molecule has 0 unspecified atom stereocenters. The standard InChI is InChI=1S/C24H23N3O3/c1-3-17(13-18(4-2)24(28)29)15-26-16-27(25)21-11-9-19(10-12-21)23-14-20-7-5-6-8-22(20)30-23/h3-14,16H,2,15,25H2,1H3,(H,28,29)/b17-3+,18-13+,26-16?. The van der Waals surface area contributed by atoms with E-state index in [9.17, 15) is 4.79 Å². The molecule has 0 aliphatic heterocycles. The van der Waals surface area contributed by atoms with Gasteiger partial charge in [-0.1, -0.05) is 36.9 Å². The number of carboxylic acid groups (broad SMARTS) is 1. The molecular formula is C24H23N3O3. The van der Waals surface area contributed by atoms with Crippen LogP contribution in [0.1, 0.15) is 6.92 Å². The number of benzene rings is 2. The van der Waals surface area contributed by atoms with E-state index in [0.717, 1.165) is 33.6 Å². The maximum absolute atomic E-state index is 11.1. The van der Waals surface area contributed by atoms with Crippen molar-refractivity contribution in [1.82, 2.24) is 0 Å². The minimum atomic E-state index is -1.03. The Morgan fingerprint density at radius 1 is 1.23 bits per heavy atom. The number of hydrazine groups is 1. The number of fused-ring (bicyclic) bond motifs is 1. The number of rotatable bonds is 8. The van der Waals surface area contributed by atoms with Crippen LogP contribution in [0.5, 0.6) is 0 Å². The lowest BCUT2D eigenvalue weighted by atomic mass is 10.1. The molecule has 6 heteroatoms. The second-order valence-electron chi connectivity index (χ2n) is 6.53. The molecule has 2 aromatic carbocycles. The average Bonchev–Trinajstić information content (AvgIpc) is 3.20. The van der Waals surface area contributed by atoms with Crippen molar-refractivity contribution in [3.8, 4) is 11.3 Å². The number of aliphatic carboxylic acids is 1. The summed E-state index contributed by atoms with van der Waals surface area (Å²) in [5, 5.41) is 11.5. The van der Waals surface area contributed by atoms with Gasteiger partial charge in [0.15, 0.2) is 0 Å². The van der Waals surface area contributed by atoms with Crippen LogP contribution >= 0.6 is 0 Å². The molecule has 0 saturated carbocycles. The van der Waals surface area contributed by atoms with Gasteiger partial charge < -0.3 is 9.52 Å². The van der Waals surface area contributed by atoms with Gasteiger partial charge in [0.1, 0.15) is 17.7 Å². The zero-order valence-corrected chi connectivity index (χ0v) is 16.7. The molecule has 0 fully saturated rings. The molecule has 0 atom stereocenters. The van der Waals surface area contributed by atoms with Crippen LogP contribution in [-0.4, -0.2) is 24.0 Å². The normalized spacial score (nSPS) is 12.5. The highest BCUT2D eigenvalue weighted by atomic mass is 16.4. The van der Waals surface area contributed by atoms with Crippen LogP contribution < -0.4 is 10.9 Å². The van der Waals surface area contributed by atoms with E-state index in [2.05, 4.69) is 11.6 Å². The summed E-state index contributed by atoms with van der Waals surface area (Å²) in [5.74, 6) is 5.83. The number of carboxylic acids is 1. The largest absolute Gasteiger partial charge is 0.478 e. The van der Waals surface area contributed by atoms with Crippen molar-refractivity contribution in [2.75, 3.05) is 11.6 Å². The molecule has 1 heterocycles. The van der Waals surface area contributed by atoms with Crippen molar-refractivity contribution in [2.45, 2.75) is 6.92 Å². The maximum Gasteiger partial charge on any atom is 0.335 e. The van der Waals surface area contributed by atoms with Gasteiger partial charge in [-0.2, -0.15) is 0 Å². The lowest BCUT2D eigenvalue weighted by Crippen LogP contribution is -2.29. The van der Waals surface area contributed by atoms with Crippen LogP contribution in [0.15, 0.2) is 100.0 Å². The number of nitrogens with zero attached hydrogens (tertiary/aromatic N) is 2. The third-order valence-electron chi connectivity index (χ3n) is 4.53. The van der Waals surface area contributed by atoms with E-state index >= 15 is 0 Å². The molecule has 0 saturated heterocycles. The molecule has 3 aromatic rings. The first-order chi connectivity index (χ1) is 14.5. The minimum Gasteiger partial charge on any atom is -0.478 e. The summed E-state index contributed by atoms with van der Waals surface area (Å²) in [5.41, 5.74) is 3.42. The van der Waals surface area contributed by atoms with Crippen molar-refractivity contribution in [3.63, 3.8) is 0 Å². The monoisotopic (exact) mass is 401 g/mol. The second-order valence-corrected chi connectivity index (χ2v) is 6.53. The van der Waals surface area contributed by atoms with Crippen LogP contribution in [0.25, 0.3) is 22.3 Å². The van der Waals surface area contributed by atoms with E-state index in [0.29, 0.717) is 6.54 Å². The first kappa shape index (κ1) is 20.8. The number of nitrogens with two attached hydrogens (primary N) is 1. The Morgan fingerprint density at radius 3 is 2.60 bits per heavy atom. The molecule has 0 amide bonds. The number of aliphatic imine (C=N–C) groups is 1. The third kappa shape index (κ3) is 4.92.